The predicted molar refractivity (Wildman–Crippen MR) is 83.9 cm³/mol. The van der Waals surface area contributed by atoms with Crippen LogP contribution in [0.1, 0.15) is 25.3 Å². The van der Waals surface area contributed by atoms with Crippen molar-refractivity contribution in [2.45, 2.75) is 26.2 Å². The van der Waals surface area contributed by atoms with Gasteiger partial charge in [-0.2, -0.15) is 0 Å². The fourth-order valence-corrected chi connectivity index (χ4v) is 3.20. The summed E-state index contributed by atoms with van der Waals surface area (Å²) in [7, 11) is 0. The molecule has 114 valence electrons. The molecule has 1 aromatic rings. The Morgan fingerprint density at radius 3 is 2.71 bits per heavy atom. The molecule has 1 N–H and O–H groups in total. The van der Waals surface area contributed by atoms with Gasteiger partial charge in [0.05, 0.1) is 5.92 Å². The third-order valence-electron chi connectivity index (χ3n) is 4.12. The average molecular weight is 354 g/mol. The number of hydrogen-bond donors (Lipinski definition) is 1. The molecule has 5 heteroatoms. The number of carboxylic acid groups (broad SMARTS) is 1. The van der Waals surface area contributed by atoms with Crippen molar-refractivity contribution in [1.82, 2.24) is 4.90 Å². The van der Waals surface area contributed by atoms with E-state index in [1.54, 1.807) is 4.90 Å². The quantitative estimate of drug-likeness (QED) is 0.885. The highest BCUT2D eigenvalue weighted by atomic mass is 79.9. The number of likely N-dealkylation sites (tertiary alicyclic amines) is 1. The smallest absolute Gasteiger partial charge is 0.308 e. The number of benzene rings is 1. The summed E-state index contributed by atoms with van der Waals surface area (Å²) < 4.78 is 1.01. The zero-order valence-corrected chi connectivity index (χ0v) is 13.7. The SMILES string of the molecule is CC[C@@H](Cc1ccccc1Br)C(=O)N1CC[C@@H](C(=O)O)C1. The number of carboxylic acids is 1. The molecule has 1 aliphatic rings. The van der Waals surface area contributed by atoms with Crippen LogP contribution in [0, 0.1) is 11.8 Å². The molecule has 21 heavy (non-hydrogen) atoms. The molecule has 1 saturated heterocycles. The van der Waals surface area contributed by atoms with E-state index in [0.717, 1.165) is 16.5 Å². The molecule has 0 unspecified atom stereocenters. The fourth-order valence-electron chi connectivity index (χ4n) is 2.76. The molecule has 0 radical (unpaired) electrons. The minimum absolute atomic E-state index is 0.0806. The highest BCUT2D eigenvalue weighted by Gasteiger charge is 2.33. The Morgan fingerprint density at radius 1 is 1.43 bits per heavy atom. The molecule has 0 saturated carbocycles. The van der Waals surface area contributed by atoms with Crippen molar-refractivity contribution < 1.29 is 14.7 Å². The van der Waals surface area contributed by atoms with Crippen LogP contribution in [0.5, 0.6) is 0 Å². The van der Waals surface area contributed by atoms with E-state index in [4.69, 9.17) is 5.11 Å². The number of hydrogen-bond acceptors (Lipinski definition) is 2. The standard InChI is InChI=1S/C16H20BrNO3/c1-2-11(9-12-5-3-4-6-14(12)17)15(19)18-8-7-13(10-18)16(20)21/h3-6,11,13H,2,7-10H2,1H3,(H,20,21)/t11-,13+/m0/s1. The van der Waals surface area contributed by atoms with E-state index in [0.29, 0.717) is 25.9 Å². The molecule has 4 nitrogen and oxygen atoms in total. The zero-order chi connectivity index (χ0) is 15.4. The van der Waals surface area contributed by atoms with Crippen LogP contribution in [-0.2, 0) is 16.0 Å². The normalized spacial score (nSPS) is 19.5. The highest BCUT2D eigenvalue weighted by molar-refractivity contribution is 9.10. The van der Waals surface area contributed by atoms with Crippen LogP contribution in [0.2, 0.25) is 0 Å². The number of rotatable bonds is 5. The topological polar surface area (TPSA) is 57.6 Å². The Bertz CT molecular complexity index is 532. The van der Waals surface area contributed by atoms with Crippen molar-refractivity contribution in [3.63, 3.8) is 0 Å². The first kappa shape index (κ1) is 16.0. The monoisotopic (exact) mass is 353 g/mol. The predicted octanol–water partition coefficient (Wildman–Crippen LogP) is 2.95. The first-order chi connectivity index (χ1) is 10.0. The van der Waals surface area contributed by atoms with E-state index < -0.39 is 11.9 Å². The van der Waals surface area contributed by atoms with Gasteiger partial charge in [-0.3, -0.25) is 9.59 Å². The van der Waals surface area contributed by atoms with Crippen LogP contribution in [0.4, 0.5) is 0 Å². The summed E-state index contributed by atoms with van der Waals surface area (Å²) >= 11 is 3.51. The second-order valence-corrected chi connectivity index (χ2v) is 6.36. The largest absolute Gasteiger partial charge is 0.481 e. The minimum atomic E-state index is -0.802. The van der Waals surface area contributed by atoms with Gasteiger partial charge in [-0.25, -0.2) is 0 Å². The molecular formula is C16H20BrNO3. The van der Waals surface area contributed by atoms with Crippen molar-refractivity contribution in [3.8, 4) is 0 Å². The summed E-state index contributed by atoms with van der Waals surface area (Å²) in [5.41, 5.74) is 1.12. The molecule has 0 aromatic heterocycles. The number of carbonyl (C=O) groups excluding carboxylic acids is 1. The van der Waals surface area contributed by atoms with Gasteiger partial charge in [0.1, 0.15) is 0 Å². The highest BCUT2D eigenvalue weighted by Crippen LogP contribution is 2.25. The third kappa shape index (κ3) is 3.84. The lowest BCUT2D eigenvalue weighted by atomic mass is 9.95. The van der Waals surface area contributed by atoms with Gasteiger partial charge in [-0.05, 0) is 30.9 Å². The molecule has 1 aliphatic heterocycles. The maximum Gasteiger partial charge on any atom is 0.308 e. The molecule has 0 aliphatic carbocycles. The number of aliphatic carboxylic acids is 1. The second-order valence-electron chi connectivity index (χ2n) is 5.51. The lowest BCUT2D eigenvalue weighted by Gasteiger charge is -2.23. The van der Waals surface area contributed by atoms with E-state index in [1.807, 2.05) is 31.2 Å². The summed E-state index contributed by atoms with van der Waals surface area (Å²) in [5.74, 6) is -1.22. The van der Waals surface area contributed by atoms with Gasteiger partial charge >= 0.3 is 5.97 Å². The molecule has 1 heterocycles. The lowest BCUT2D eigenvalue weighted by molar-refractivity contribution is -0.141. The number of amides is 1. The van der Waals surface area contributed by atoms with Crippen LogP contribution < -0.4 is 0 Å². The average Bonchev–Trinajstić information content (AvgIpc) is 2.96. The molecule has 2 atom stereocenters. The number of halogens is 1. The number of nitrogens with zero attached hydrogens (tertiary/aromatic N) is 1. The Balaban J connectivity index is 2.03. The molecule has 2 rings (SSSR count). The Labute approximate surface area is 133 Å². The van der Waals surface area contributed by atoms with E-state index in [-0.39, 0.29) is 11.8 Å². The Kier molecular flexibility index (Phi) is 5.39. The number of carbonyl (C=O) groups is 2. The molecule has 1 fully saturated rings. The van der Waals surface area contributed by atoms with Crippen molar-refractivity contribution in [1.29, 1.82) is 0 Å². The van der Waals surface area contributed by atoms with Crippen LogP contribution in [0.25, 0.3) is 0 Å². The van der Waals surface area contributed by atoms with Crippen molar-refractivity contribution in [2.24, 2.45) is 11.8 Å². The van der Waals surface area contributed by atoms with E-state index >= 15 is 0 Å². The third-order valence-corrected chi connectivity index (χ3v) is 4.89. The fraction of sp³-hybridized carbons (Fsp3) is 0.500. The van der Waals surface area contributed by atoms with Crippen molar-refractivity contribution >= 4 is 27.8 Å². The summed E-state index contributed by atoms with van der Waals surface area (Å²) in [6.07, 6.45) is 2.01. The van der Waals surface area contributed by atoms with Gasteiger partial charge in [0.25, 0.3) is 0 Å². The van der Waals surface area contributed by atoms with E-state index in [1.165, 1.54) is 0 Å². The van der Waals surface area contributed by atoms with Gasteiger partial charge in [0.2, 0.25) is 5.91 Å². The van der Waals surface area contributed by atoms with Gasteiger partial charge in [-0.1, -0.05) is 41.1 Å². The molecular weight excluding hydrogens is 334 g/mol. The summed E-state index contributed by atoms with van der Waals surface area (Å²) in [4.78, 5) is 25.3. The molecule has 0 bridgehead atoms. The summed E-state index contributed by atoms with van der Waals surface area (Å²) in [6, 6.07) is 7.91. The van der Waals surface area contributed by atoms with Gasteiger partial charge < -0.3 is 10.0 Å². The lowest BCUT2D eigenvalue weighted by Crippen LogP contribution is -2.35. The van der Waals surface area contributed by atoms with Gasteiger partial charge in [0.15, 0.2) is 0 Å². The maximum atomic E-state index is 12.6. The molecule has 1 aromatic carbocycles. The van der Waals surface area contributed by atoms with Gasteiger partial charge in [0, 0.05) is 23.5 Å². The van der Waals surface area contributed by atoms with Crippen LogP contribution in [-0.4, -0.2) is 35.0 Å². The first-order valence-electron chi connectivity index (χ1n) is 7.28. The van der Waals surface area contributed by atoms with Crippen molar-refractivity contribution in [2.75, 3.05) is 13.1 Å². The summed E-state index contributed by atoms with van der Waals surface area (Å²) in [6.45, 7) is 2.91. The summed E-state index contributed by atoms with van der Waals surface area (Å²) in [5, 5.41) is 9.04. The Hall–Kier alpha value is -1.36. The Morgan fingerprint density at radius 2 is 2.14 bits per heavy atom. The minimum Gasteiger partial charge on any atom is -0.481 e. The van der Waals surface area contributed by atoms with E-state index in [9.17, 15) is 9.59 Å². The van der Waals surface area contributed by atoms with Crippen LogP contribution in [0.3, 0.4) is 0 Å². The van der Waals surface area contributed by atoms with Crippen LogP contribution in [0.15, 0.2) is 28.7 Å². The van der Waals surface area contributed by atoms with Crippen LogP contribution >= 0.6 is 15.9 Å². The van der Waals surface area contributed by atoms with Gasteiger partial charge in [-0.15, -0.1) is 0 Å². The van der Waals surface area contributed by atoms with Crippen molar-refractivity contribution in [3.05, 3.63) is 34.3 Å². The molecule has 1 amide bonds. The van der Waals surface area contributed by atoms with E-state index in [2.05, 4.69) is 15.9 Å². The zero-order valence-electron chi connectivity index (χ0n) is 12.1. The second kappa shape index (κ2) is 7.07. The first-order valence-corrected chi connectivity index (χ1v) is 8.07. The molecule has 0 spiro atoms. The maximum absolute atomic E-state index is 12.6.